The summed E-state index contributed by atoms with van der Waals surface area (Å²) in [5.74, 6) is -0.320. The highest BCUT2D eigenvalue weighted by atomic mass is 16.2. The molecule has 3 amide bonds. The first kappa shape index (κ1) is 17.9. The molecular weight excluding hydrogens is 326 g/mol. The third-order valence-corrected chi connectivity index (χ3v) is 4.73. The number of carbonyl (C=O) groups is 2. The van der Waals surface area contributed by atoms with Crippen LogP contribution in [0.1, 0.15) is 35.6 Å². The number of hydrogen-bond donors (Lipinski definition) is 1. The molecular formula is C21H23N3O2. The van der Waals surface area contributed by atoms with Crippen molar-refractivity contribution in [3.05, 3.63) is 70.8 Å². The van der Waals surface area contributed by atoms with Crippen LogP contribution in [0.2, 0.25) is 0 Å². The maximum absolute atomic E-state index is 12.7. The molecule has 1 fully saturated rings. The standard InChI is InChI=1S/C21H23N3O2/c1-15-9-10-18(16(2)13-15)14-22-24-19(25)21(3,23-20(24)26)12-11-17-7-5-4-6-8-17/h4-10,13-14H,11-12H2,1-3H3,(H,23,26)/b22-14-/t21-/m0/s1. The number of nitrogens with one attached hydrogen (secondary N) is 1. The minimum absolute atomic E-state index is 0.320. The number of amides is 3. The fourth-order valence-electron chi connectivity index (χ4n) is 3.07. The van der Waals surface area contributed by atoms with E-state index in [2.05, 4.69) is 10.4 Å². The number of carbonyl (C=O) groups excluding carboxylic acids is 2. The molecule has 5 heteroatoms. The van der Waals surface area contributed by atoms with Crippen LogP contribution in [0, 0.1) is 13.8 Å². The van der Waals surface area contributed by atoms with Gasteiger partial charge in [-0.3, -0.25) is 4.79 Å². The molecule has 26 heavy (non-hydrogen) atoms. The topological polar surface area (TPSA) is 61.8 Å². The van der Waals surface area contributed by atoms with E-state index in [0.717, 1.165) is 27.3 Å². The molecule has 3 rings (SSSR count). The van der Waals surface area contributed by atoms with Crippen molar-refractivity contribution in [1.82, 2.24) is 10.3 Å². The molecule has 0 unspecified atom stereocenters. The zero-order valence-corrected chi connectivity index (χ0v) is 15.3. The van der Waals surface area contributed by atoms with Crippen LogP contribution in [-0.4, -0.2) is 28.7 Å². The minimum atomic E-state index is -0.938. The van der Waals surface area contributed by atoms with E-state index in [0.29, 0.717) is 12.8 Å². The second kappa shape index (κ2) is 7.12. The van der Waals surface area contributed by atoms with Gasteiger partial charge >= 0.3 is 6.03 Å². The number of nitrogens with zero attached hydrogens (tertiary/aromatic N) is 2. The molecule has 5 nitrogen and oxygen atoms in total. The van der Waals surface area contributed by atoms with Crippen LogP contribution in [-0.2, 0) is 11.2 Å². The summed E-state index contributed by atoms with van der Waals surface area (Å²) in [6.07, 6.45) is 2.80. The second-order valence-corrected chi connectivity index (χ2v) is 6.97. The van der Waals surface area contributed by atoms with Gasteiger partial charge in [0.25, 0.3) is 5.91 Å². The van der Waals surface area contributed by atoms with E-state index in [-0.39, 0.29) is 5.91 Å². The Balaban J connectivity index is 1.72. The molecule has 0 aromatic heterocycles. The van der Waals surface area contributed by atoms with Crippen LogP contribution in [0.3, 0.4) is 0 Å². The Kier molecular flexibility index (Phi) is 4.89. The number of imide groups is 1. The van der Waals surface area contributed by atoms with Gasteiger partial charge in [0, 0.05) is 0 Å². The molecule has 0 aliphatic carbocycles. The minimum Gasteiger partial charge on any atom is -0.322 e. The molecule has 0 bridgehead atoms. The molecule has 0 saturated carbocycles. The maximum Gasteiger partial charge on any atom is 0.346 e. The van der Waals surface area contributed by atoms with Crippen LogP contribution >= 0.6 is 0 Å². The summed E-state index contributed by atoms with van der Waals surface area (Å²) in [5, 5.41) is 7.86. The zero-order valence-electron chi connectivity index (χ0n) is 15.3. The highest BCUT2D eigenvalue weighted by Crippen LogP contribution is 2.23. The molecule has 0 radical (unpaired) electrons. The summed E-state index contributed by atoms with van der Waals surface area (Å²) in [5.41, 5.74) is 3.28. The summed E-state index contributed by atoms with van der Waals surface area (Å²) in [4.78, 5) is 25.0. The molecule has 1 aliphatic rings. The van der Waals surface area contributed by atoms with Crippen LogP contribution in [0.25, 0.3) is 0 Å². The molecule has 2 aromatic carbocycles. The smallest absolute Gasteiger partial charge is 0.322 e. The highest BCUT2D eigenvalue weighted by Gasteiger charge is 2.47. The molecule has 0 spiro atoms. The zero-order chi connectivity index (χ0) is 18.7. The number of hydrazone groups is 1. The van der Waals surface area contributed by atoms with Crippen molar-refractivity contribution in [2.24, 2.45) is 5.10 Å². The largest absolute Gasteiger partial charge is 0.346 e. The summed E-state index contributed by atoms with van der Waals surface area (Å²) in [6.45, 7) is 5.75. The lowest BCUT2D eigenvalue weighted by Gasteiger charge is -2.20. The normalized spacial score (nSPS) is 20.0. The van der Waals surface area contributed by atoms with Gasteiger partial charge in [0.1, 0.15) is 5.54 Å². The first-order chi connectivity index (χ1) is 12.4. The van der Waals surface area contributed by atoms with E-state index < -0.39 is 11.6 Å². The van der Waals surface area contributed by atoms with Crippen LogP contribution < -0.4 is 5.32 Å². The quantitative estimate of drug-likeness (QED) is 0.662. The van der Waals surface area contributed by atoms with Crippen molar-refractivity contribution < 1.29 is 9.59 Å². The van der Waals surface area contributed by atoms with Gasteiger partial charge in [-0.1, -0.05) is 54.1 Å². The summed E-state index contributed by atoms with van der Waals surface area (Å²) in [6, 6.07) is 15.4. The summed E-state index contributed by atoms with van der Waals surface area (Å²) >= 11 is 0. The third-order valence-electron chi connectivity index (χ3n) is 4.73. The summed E-state index contributed by atoms with van der Waals surface area (Å²) in [7, 11) is 0. The van der Waals surface area contributed by atoms with Crippen molar-refractivity contribution >= 4 is 18.2 Å². The average molecular weight is 349 g/mol. The lowest BCUT2D eigenvalue weighted by molar-refractivity contribution is -0.130. The molecule has 2 aromatic rings. The third kappa shape index (κ3) is 3.67. The number of urea groups is 1. The SMILES string of the molecule is Cc1ccc(/C=N\N2C(=O)N[C@@](C)(CCc3ccccc3)C2=O)c(C)c1. The van der Waals surface area contributed by atoms with E-state index in [1.54, 1.807) is 13.1 Å². The fraction of sp³-hybridized carbons (Fsp3) is 0.286. The summed E-state index contributed by atoms with van der Waals surface area (Å²) < 4.78 is 0. The molecule has 1 aliphatic heterocycles. The van der Waals surface area contributed by atoms with E-state index in [1.807, 2.05) is 62.4 Å². The number of benzene rings is 2. The van der Waals surface area contributed by atoms with E-state index in [9.17, 15) is 9.59 Å². The van der Waals surface area contributed by atoms with Gasteiger partial charge < -0.3 is 5.32 Å². The van der Waals surface area contributed by atoms with Gasteiger partial charge in [-0.2, -0.15) is 5.10 Å². The molecule has 1 heterocycles. The van der Waals surface area contributed by atoms with Crippen molar-refractivity contribution in [2.75, 3.05) is 0 Å². The monoisotopic (exact) mass is 349 g/mol. The average Bonchev–Trinajstić information content (AvgIpc) is 2.83. The van der Waals surface area contributed by atoms with Crippen LogP contribution in [0.15, 0.2) is 53.6 Å². The first-order valence-electron chi connectivity index (χ1n) is 8.71. The fourth-order valence-corrected chi connectivity index (χ4v) is 3.07. The van der Waals surface area contributed by atoms with Gasteiger partial charge in [-0.05, 0) is 50.3 Å². The van der Waals surface area contributed by atoms with Gasteiger partial charge in [-0.15, -0.1) is 5.01 Å². The predicted octanol–water partition coefficient (Wildman–Crippen LogP) is 3.58. The Morgan fingerprint density at radius 3 is 2.54 bits per heavy atom. The number of rotatable bonds is 5. The Morgan fingerprint density at radius 1 is 1.12 bits per heavy atom. The Labute approximate surface area is 153 Å². The Bertz CT molecular complexity index is 861. The first-order valence-corrected chi connectivity index (χ1v) is 8.71. The van der Waals surface area contributed by atoms with E-state index >= 15 is 0 Å². The highest BCUT2D eigenvalue weighted by molar-refractivity contribution is 6.07. The number of hydrogen-bond acceptors (Lipinski definition) is 3. The van der Waals surface area contributed by atoms with E-state index in [1.165, 1.54) is 0 Å². The van der Waals surface area contributed by atoms with Crippen molar-refractivity contribution in [3.8, 4) is 0 Å². The van der Waals surface area contributed by atoms with Gasteiger partial charge in [0.15, 0.2) is 0 Å². The predicted molar refractivity (Wildman–Crippen MR) is 102 cm³/mol. The van der Waals surface area contributed by atoms with E-state index in [4.69, 9.17) is 0 Å². The molecule has 1 N–H and O–H groups in total. The molecule has 134 valence electrons. The van der Waals surface area contributed by atoms with Gasteiger partial charge in [0.05, 0.1) is 6.21 Å². The molecule has 1 saturated heterocycles. The van der Waals surface area contributed by atoms with Crippen LogP contribution in [0.4, 0.5) is 4.79 Å². The maximum atomic E-state index is 12.7. The Morgan fingerprint density at radius 2 is 1.85 bits per heavy atom. The van der Waals surface area contributed by atoms with Gasteiger partial charge in [0.2, 0.25) is 0 Å². The van der Waals surface area contributed by atoms with Crippen molar-refractivity contribution in [1.29, 1.82) is 0 Å². The van der Waals surface area contributed by atoms with Gasteiger partial charge in [-0.25, -0.2) is 4.79 Å². The van der Waals surface area contributed by atoms with Crippen molar-refractivity contribution in [2.45, 2.75) is 39.2 Å². The number of aryl methyl sites for hydroxylation is 3. The Hall–Kier alpha value is -2.95. The van der Waals surface area contributed by atoms with Crippen molar-refractivity contribution in [3.63, 3.8) is 0 Å². The molecule has 1 atom stereocenters. The second-order valence-electron chi connectivity index (χ2n) is 6.97. The lowest BCUT2D eigenvalue weighted by Crippen LogP contribution is -2.44. The van der Waals surface area contributed by atoms with Crippen LogP contribution in [0.5, 0.6) is 0 Å². The lowest BCUT2D eigenvalue weighted by atomic mass is 9.93.